The zero-order valence-corrected chi connectivity index (χ0v) is 12.4. The first kappa shape index (κ1) is 16.8. The number of halogens is 1. The summed E-state index contributed by atoms with van der Waals surface area (Å²) in [6.45, 7) is 3.58. The summed E-state index contributed by atoms with van der Waals surface area (Å²) in [4.78, 5) is 23.0. The molecule has 0 saturated heterocycles. The molecule has 21 heavy (non-hydrogen) atoms. The molecule has 1 aromatic carbocycles. The number of hydrogen-bond donors (Lipinski definition) is 3. The molecule has 2 atom stereocenters. The van der Waals surface area contributed by atoms with Gasteiger partial charge in [-0.3, -0.25) is 0 Å². The molecule has 7 heteroatoms. The average molecular weight is 310 g/mol. The highest BCUT2D eigenvalue weighted by atomic mass is 35.5. The van der Waals surface area contributed by atoms with E-state index in [4.69, 9.17) is 22.0 Å². The van der Waals surface area contributed by atoms with E-state index in [0.29, 0.717) is 12.0 Å². The standard InChI is InChI=1S/C14H16ClN3O3/c1-3-8(2)12(13(19)20)18-14(21)17-11-6-9(7-16)4-5-10(11)15/h4-6,8,12H,3H2,1-2H3,(H,19,20)(H2,17,18,21)/t8?,12-/m0/s1. The third-order valence-electron chi connectivity index (χ3n) is 3.11. The zero-order chi connectivity index (χ0) is 16.0. The lowest BCUT2D eigenvalue weighted by Crippen LogP contribution is -2.46. The lowest BCUT2D eigenvalue weighted by molar-refractivity contribution is -0.140. The van der Waals surface area contributed by atoms with Crippen LogP contribution in [0.3, 0.4) is 0 Å². The number of anilines is 1. The molecular weight excluding hydrogens is 294 g/mol. The van der Waals surface area contributed by atoms with Crippen LogP contribution < -0.4 is 10.6 Å². The number of urea groups is 1. The van der Waals surface area contributed by atoms with Gasteiger partial charge in [0.15, 0.2) is 0 Å². The summed E-state index contributed by atoms with van der Waals surface area (Å²) in [5.41, 5.74) is 0.591. The van der Waals surface area contributed by atoms with Gasteiger partial charge in [0.2, 0.25) is 0 Å². The number of amides is 2. The Kier molecular flexibility index (Phi) is 6.00. The molecule has 0 heterocycles. The molecule has 1 aromatic rings. The molecule has 2 amide bonds. The van der Waals surface area contributed by atoms with Crippen molar-refractivity contribution >= 4 is 29.3 Å². The number of nitrogens with one attached hydrogen (secondary N) is 2. The largest absolute Gasteiger partial charge is 0.480 e. The number of carbonyl (C=O) groups is 2. The highest BCUT2D eigenvalue weighted by Gasteiger charge is 2.25. The summed E-state index contributed by atoms with van der Waals surface area (Å²) in [6, 6.07) is 4.68. The molecule has 3 N–H and O–H groups in total. The predicted molar refractivity (Wildman–Crippen MR) is 79.2 cm³/mol. The molecule has 0 aliphatic heterocycles. The number of carbonyl (C=O) groups excluding carboxylic acids is 1. The van der Waals surface area contributed by atoms with Gasteiger partial charge >= 0.3 is 12.0 Å². The fraction of sp³-hybridized carbons (Fsp3) is 0.357. The van der Waals surface area contributed by atoms with Crippen LogP contribution in [0.2, 0.25) is 5.02 Å². The van der Waals surface area contributed by atoms with Gasteiger partial charge in [0.25, 0.3) is 0 Å². The van der Waals surface area contributed by atoms with E-state index in [1.165, 1.54) is 18.2 Å². The number of carboxylic acids is 1. The Morgan fingerprint density at radius 3 is 2.67 bits per heavy atom. The smallest absolute Gasteiger partial charge is 0.326 e. The minimum absolute atomic E-state index is 0.214. The highest BCUT2D eigenvalue weighted by molar-refractivity contribution is 6.33. The van der Waals surface area contributed by atoms with Gasteiger partial charge in [0.05, 0.1) is 22.3 Å². The van der Waals surface area contributed by atoms with Crippen molar-refractivity contribution in [3.8, 4) is 6.07 Å². The van der Waals surface area contributed by atoms with Crippen molar-refractivity contribution in [2.75, 3.05) is 5.32 Å². The molecular formula is C14H16ClN3O3. The van der Waals surface area contributed by atoms with Crippen molar-refractivity contribution < 1.29 is 14.7 Å². The molecule has 0 bridgehead atoms. The summed E-state index contributed by atoms with van der Waals surface area (Å²) < 4.78 is 0. The number of nitriles is 1. The maximum atomic E-state index is 11.9. The maximum Gasteiger partial charge on any atom is 0.326 e. The Morgan fingerprint density at radius 2 is 2.14 bits per heavy atom. The molecule has 0 aliphatic carbocycles. The minimum atomic E-state index is -1.10. The van der Waals surface area contributed by atoms with Gasteiger partial charge in [0, 0.05) is 0 Å². The second kappa shape index (κ2) is 7.50. The van der Waals surface area contributed by atoms with E-state index in [-0.39, 0.29) is 16.6 Å². The number of aliphatic carboxylic acids is 1. The first-order valence-corrected chi connectivity index (χ1v) is 6.76. The molecule has 0 spiro atoms. The molecule has 0 radical (unpaired) electrons. The average Bonchev–Trinajstić information content (AvgIpc) is 2.46. The maximum absolute atomic E-state index is 11.9. The minimum Gasteiger partial charge on any atom is -0.480 e. The van der Waals surface area contributed by atoms with Crippen LogP contribution in [-0.4, -0.2) is 23.1 Å². The number of rotatable bonds is 5. The molecule has 6 nitrogen and oxygen atoms in total. The molecule has 0 aromatic heterocycles. The number of nitrogens with zero attached hydrogens (tertiary/aromatic N) is 1. The summed E-state index contributed by atoms with van der Waals surface area (Å²) in [6.07, 6.45) is 0.613. The lowest BCUT2D eigenvalue weighted by atomic mass is 9.99. The van der Waals surface area contributed by atoms with Crippen LogP contribution in [0.4, 0.5) is 10.5 Å². The molecule has 0 aliphatic rings. The molecule has 0 fully saturated rings. The monoisotopic (exact) mass is 309 g/mol. The second-order valence-electron chi connectivity index (χ2n) is 4.61. The van der Waals surface area contributed by atoms with Crippen molar-refractivity contribution in [1.29, 1.82) is 5.26 Å². The Morgan fingerprint density at radius 1 is 1.48 bits per heavy atom. The predicted octanol–water partition coefficient (Wildman–Crippen LogP) is 2.83. The summed E-state index contributed by atoms with van der Waals surface area (Å²) in [5, 5.41) is 23.0. The highest BCUT2D eigenvalue weighted by Crippen LogP contribution is 2.22. The van der Waals surface area contributed by atoms with Crippen LogP contribution in [0, 0.1) is 17.2 Å². The molecule has 1 rings (SSSR count). The van der Waals surface area contributed by atoms with Crippen LogP contribution in [-0.2, 0) is 4.79 Å². The van der Waals surface area contributed by atoms with Gasteiger partial charge in [-0.05, 0) is 24.1 Å². The number of benzene rings is 1. The van der Waals surface area contributed by atoms with Crippen molar-refractivity contribution in [1.82, 2.24) is 5.32 Å². The van der Waals surface area contributed by atoms with E-state index in [2.05, 4.69) is 10.6 Å². The fourth-order valence-electron chi connectivity index (χ4n) is 1.67. The molecule has 1 unspecified atom stereocenters. The SMILES string of the molecule is CCC(C)[C@H](NC(=O)Nc1cc(C#N)ccc1Cl)C(=O)O. The second-order valence-corrected chi connectivity index (χ2v) is 5.01. The van der Waals surface area contributed by atoms with E-state index in [1.807, 2.05) is 13.0 Å². The van der Waals surface area contributed by atoms with Crippen LogP contribution in [0.15, 0.2) is 18.2 Å². The zero-order valence-electron chi connectivity index (χ0n) is 11.7. The summed E-state index contributed by atoms with van der Waals surface area (Å²) in [7, 11) is 0. The van der Waals surface area contributed by atoms with Gasteiger partial charge in [0.1, 0.15) is 6.04 Å². The lowest BCUT2D eigenvalue weighted by Gasteiger charge is -2.20. The van der Waals surface area contributed by atoms with E-state index < -0.39 is 18.0 Å². The van der Waals surface area contributed by atoms with Gasteiger partial charge < -0.3 is 15.7 Å². The van der Waals surface area contributed by atoms with Crippen molar-refractivity contribution in [3.63, 3.8) is 0 Å². The van der Waals surface area contributed by atoms with Crippen LogP contribution in [0.1, 0.15) is 25.8 Å². The van der Waals surface area contributed by atoms with Gasteiger partial charge in [-0.25, -0.2) is 9.59 Å². The van der Waals surface area contributed by atoms with E-state index in [1.54, 1.807) is 6.92 Å². The Labute approximate surface area is 127 Å². The van der Waals surface area contributed by atoms with Crippen LogP contribution >= 0.6 is 11.6 Å². The van der Waals surface area contributed by atoms with Gasteiger partial charge in [-0.2, -0.15) is 5.26 Å². The van der Waals surface area contributed by atoms with Gasteiger partial charge in [-0.1, -0.05) is 31.9 Å². The van der Waals surface area contributed by atoms with E-state index in [0.717, 1.165) is 0 Å². The van der Waals surface area contributed by atoms with Crippen LogP contribution in [0.25, 0.3) is 0 Å². The van der Waals surface area contributed by atoms with Crippen molar-refractivity contribution in [2.24, 2.45) is 5.92 Å². The van der Waals surface area contributed by atoms with E-state index >= 15 is 0 Å². The Bertz CT molecular complexity index is 583. The Hall–Kier alpha value is -2.26. The fourth-order valence-corrected chi connectivity index (χ4v) is 1.84. The third kappa shape index (κ3) is 4.65. The van der Waals surface area contributed by atoms with Crippen molar-refractivity contribution in [3.05, 3.63) is 28.8 Å². The first-order chi connectivity index (χ1) is 9.88. The Balaban J connectivity index is 2.82. The van der Waals surface area contributed by atoms with Gasteiger partial charge in [-0.15, -0.1) is 0 Å². The number of hydrogen-bond acceptors (Lipinski definition) is 3. The third-order valence-corrected chi connectivity index (χ3v) is 3.44. The normalized spacial score (nSPS) is 12.9. The molecule has 112 valence electrons. The summed E-state index contributed by atoms with van der Waals surface area (Å²) >= 11 is 5.92. The quantitative estimate of drug-likeness (QED) is 0.778. The topological polar surface area (TPSA) is 102 Å². The first-order valence-electron chi connectivity index (χ1n) is 6.39. The summed E-state index contributed by atoms with van der Waals surface area (Å²) in [5.74, 6) is -1.31. The number of carboxylic acid groups (broad SMARTS) is 1. The van der Waals surface area contributed by atoms with Crippen LogP contribution in [0.5, 0.6) is 0 Å². The van der Waals surface area contributed by atoms with Crippen molar-refractivity contribution in [2.45, 2.75) is 26.3 Å². The molecule has 0 saturated carbocycles. The van der Waals surface area contributed by atoms with E-state index in [9.17, 15) is 9.59 Å².